The molecule has 0 spiro atoms. The van der Waals surface area contributed by atoms with Crippen LogP contribution in [0.1, 0.15) is 40.5 Å². The fourth-order valence-corrected chi connectivity index (χ4v) is 4.80. The maximum Gasteiger partial charge on any atom is 0.266 e. The van der Waals surface area contributed by atoms with Crippen molar-refractivity contribution in [2.45, 2.75) is 34.6 Å². The zero-order valence-electron chi connectivity index (χ0n) is 16.2. The molecule has 3 rings (SSSR count). The summed E-state index contributed by atoms with van der Waals surface area (Å²) in [6.07, 6.45) is 0. The third kappa shape index (κ3) is 3.84. The number of halogens is 1. The fraction of sp³-hybridized carbons (Fsp3) is 0.350. The summed E-state index contributed by atoms with van der Waals surface area (Å²) in [5.41, 5.74) is 2.82. The lowest BCUT2D eigenvalue weighted by Gasteiger charge is -2.21. The number of carbonyl (C=O) groups excluding carboxylic acids is 1. The van der Waals surface area contributed by atoms with E-state index in [0.717, 1.165) is 56.2 Å². The van der Waals surface area contributed by atoms with Crippen LogP contribution < -0.4 is 10.2 Å². The van der Waals surface area contributed by atoms with Crippen LogP contribution in [-0.4, -0.2) is 29.0 Å². The van der Waals surface area contributed by atoms with E-state index in [2.05, 4.69) is 50.0 Å². The average molecular weight is 447 g/mol. The predicted molar refractivity (Wildman–Crippen MR) is 117 cm³/mol. The molecule has 142 valence electrons. The van der Waals surface area contributed by atoms with Crippen LogP contribution in [0.5, 0.6) is 0 Å². The smallest absolute Gasteiger partial charge is 0.266 e. The first kappa shape index (κ1) is 19.8. The van der Waals surface area contributed by atoms with Crippen LogP contribution in [0.2, 0.25) is 0 Å². The van der Waals surface area contributed by atoms with E-state index in [0.29, 0.717) is 4.88 Å². The lowest BCUT2D eigenvalue weighted by molar-refractivity contribution is 0.103. The van der Waals surface area contributed by atoms with Gasteiger partial charge in [-0.3, -0.25) is 4.79 Å². The topological polar surface area (TPSA) is 58.1 Å². The number of rotatable bonds is 5. The molecular weight excluding hydrogens is 424 g/mol. The first-order chi connectivity index (χ1) is 12.8. The molecule has 2 aromatic heterocycles. The maximum absolute atomic E-state index is 13.0. The minimum absolute atomic E-state index is 0.122. The Kier molecular flexibility index (Phi) is 5.81. The molecule has 0 unspecified atom stereocenters. The molecule has 0 aliphatic carbocycles. The molecule has 0 bridgehead atoms. The van der Waals surface area contributed by atoms with Crippen molar-refractivity contribution in [3.63, 3.8) is 0 Å². The molecule has 1 aromatic carbocycles. The summed E-state index contributed by atoms with van der Waals surface area (Å²) in [6.45, 7) is 11.8. The van der Waals surface area contributed by atoms with Crippen LogP contribution >= 0.6 is 27.3 Å². The number of aromatic nitrogens is 2. The van der Waals surface area contributed by atoms with E-state index >= 15 is 0 Å². The molecule has 0 aliphatic heterocycles. The molecule has 7 heteroatoms. The third-order valence-corrected chi connectivity index (χ3v) is 6.37. The standard InChI is InChI=1S/C20H23BrN4OS/c1-6-25(7-2)18-16-12(4)17(27-20(16)23-13(5)22-18)19(26)24-15-9-8-11(3)10-14(15)21/h8-10H,6-7H2,1-5H3,(H,24,26). The van der Waals surface area contributed by atoms with E-state index in [4.69, 9.17) is 0 Å². The zero-order valence-corrected chi connectivity index (χ0v) is 18.6. The Morgan fingerprint density at radius 1 is 1.19 bits per heavy atom. The van der Waals surface area contributed by atoms with Gasteiger partial charge in [-0.1, -0.05) is 6.07 Å². The molecule has 0 aliphatic rings. The highest BCUT2D eigenvalue weighted by Gasteiger charge is 2.22. The van der Waals surface area contributed by atoms with Crippen LogP contribution in [-0.2, 0) is 0 Å². The number of amides is 1. The molecule has 0 fully saturated rings. The van der Waals surface area contributed by atoms with Crippen LogP contribution in [0.25, 0.3) is 10.2 Å². The molecule has 0 saturated heterocycles. The van der Waals surface area contributed by atoms with Crippen LogP contribution in [0.4, 0.5) is 11.5 Å². The number of carbonyl (C=O) groups is 1. The first-order valence-electron chi connectivity index (χ1n) is 8.95. The van der Waals surface area contributed by atoms with E-state index in [1.165, 1.54) is 11.3 Å². The van der Waals surface area contributed by atoms with Crippen molar-refractivity contribution >= 4 is 54.9 Å². The van der Waals surface area contributed by atoms with Crippen molar-refractivity contribution in [2.75, 3.05) is 23.3 Å². The summed E-state index contributed by atoms with van der Waals surface area (Å²) in [5.74, 6) is 1.51. The van der Waals surface area contributed by atoms with E-state index < -0.39 is 0 Å². The molecule has 2 heterocycles. The zero-order chi connectivity index (χ0) is 19.7. The fourth-order valence-electron chi connectivity index (χ4n) is 3.09. The van der Waals surface area contributed by atoms with Crippen molar-refractivity contribution in [3.8, 4) is 0 Å². The second-order valence-electron chi connectivity index (χ2n) is 6.44. The van der Waals surface area contributed by atoms with Crippen LogP contribution in [0, 0.1) is 20.8 Å². The van der Waals surface area contributed by atoms with Gasteiger partial charge in [0.15, 0.2) is 0 Å². The Balaban J connectivity index is 2.06. The number of benzene rings is 1. The van der Waals surface area contributed by atoms with Gasteiger partial charge in [0.25, 0.3) is 5.91 Å². The van der Waals surface area contributed by atoms with Crippen molar-refractivity contribution in [3.05, 3.63) is 44.5 Å². The summed E-state index contributed by atoms with van der Waals surface area (Å²) in [5, 5.41) is 3.98. The van der Waals surface area contributed by atoms with E-state index in [9.17, 15) is 4.79 Å². The Morgan fingerprint density at radius 3 is 2.52 bits per heavy atom. The molecule has 0 atom stereocenters. The van der Waals surface area contributed by atoms with Gasteiger partial charge >= 0.3 is 0 Å². The second kappa shape index (κ2) is 7.94. The Hall–Kier alpha value is -1.99. The highest BCUT2D eigenvalue weighted by Crippen LogP contribution is 2.36. The Morgan fingerprint density at radius 2 is 1.89 bits per heavy atom. The summed E-state index contributed by atoms with van der Waals surface area (Å²) < 4.78 is 0.870. The van der Waals surface area contributed by atoms with E-state index in [1.807, 2.05) is 39.0 Å². The lowest BCUT2D eigenvalue weighted by atomic mass is 10.1. The number of hydrogen-bond donors (Lipinski definition) is 1. The molecule has 27 heavy (non-hydrogen) atoms. The number of thiophene rings is 1. The van der Waals surface area contributed by atoms with Crippen molar-refractivity contribution in [2.24, 2.45) is 0 Å². The molecule has 0 saturated carbocycles. The van der Waals surface area contributed by atoms with Gasteiger partial charge in [-0.2, -0.15) is 0 Å². The van der Waals surface area contributed by atoms with Gasteiger partial charge in [0, 0.05) is 17.6 Å². The minimum atomic E-state index is -0.122. The van der Waals surface area contributed by atoms with Gasteiger partial charge in [-0.05, 0) is 73.8 Å². The maximum atomic E-state index is 13.0. The quantitative estimate of drug-likeness (QED) is 0.563. The highest BCUT2D eigenvalue weighted by molar-refractivity contribution is 9.10. The summed E-state index contributed by atoms with van der Waals surface area (Å²) in [7, 11) is 0. The predicted octanol–water partition coefficient (Wildman–Crippen LogP) is 5.48. The average Bonchev–Trinajstić information content (AvgIpc) is 2.95. The Bertz CT molecular complexity index is 1010. The number of aryl methyl sites for hydroxylation is 3. The molecule has 0 radical (unpaired) electrons. The lowest BCUT2D eigenvalue weighted by Crippen LogP contribution is -2.23. The van der Waals surface area contributed by atoms with Crippen LogP contribution in [0.15, 0.2) is 22.7 Å². The largest absolute Gasteiger partial charge is 0.357 e. The molecule has 1 N–H and O–H groups in total. The molecule has 5 nitrogen and oxygen atoms in total. The highest BCUT2D eigenvalue weighted by atomic mass is 79.9. The van der Waals surface area contributed by atoms with Crippen molar-refractivity contribution in [1.29, 1.82) is 0 Å². The third-order valence-electron chi connectivity index (χ3n) is 4.52. The van der Waals surface area contributed by atoms with Gasteiger partial charge in [-0.25, -0.2) is 9.97 Å². The summed E-state index contributed by atoms with van der Waals surface area (Å²) in [4.78, 5) is 25.9. The van der Waals surface area contributed by atoms with Gasteiger partial charge < -0.3 is 10.2 Å². The molecular formula is C20H23BrN4OS. The Labute approximate surface area is 172 Å². The number of nitrogens with one attached hydrogen (secondary N) is 1. The number of fused-ring (bicyclic) bond motifs is 1. The second-order valence-corrected chi connectivity index (χ2v) is 8.29. The number of hydrogen-bond acceptors (Lipinski definition) is 5. The van der Waals surface area contributed by atoms with Gasteiger partial charge in [-0.15, -0.1) is 11.3 Å². The SMILES string of the molecule is CCN(CC)c1nc(C)nc2sc(C(=O)Nc3ccc(C)cc3Br)c(C)c12. The molecule has 3 aromatic rings. The van der Waals surface area contributed by atoms with Gasteiger partial charge in [0.2, 0.25) is 0 Å². The number of anilines is 2. The van der Waals surface area contributed by atoms with Gasteiger partial charge in [0.05, 0.1) is 16.0 Å². The van der Waals surface area contributed by atoms with E-state index in [-0.39, 0.29) is 5.91 Å². The minimum Gasteiger partial charge on any atom is -0.357 e. The number of nitrogens with zero attached hydrogens (tertiary/aromatic N) is 3. The summed E-state index contributed by atoms with van der Waals surface area (Å²) >= 11 is 4.94. The van der Waals surface area contributed by atoms with Crippen LogP contribution in [0.3, 0.4) is 0 Å². The van der Waals surface area contributed by atoms with Crippen molar-refractivity contribution < 1.29 is 4.79 Å². The monoisotopic (exact) mass is 446 g/mol. The normalized spacial score (nSPS) is 11.0. The summed E-state index contributed by atoms with van der Waals surface area (Å²) in [6, 6.07) is 5.87. The van der Waals surface area contributed by atoms with Crippen molar-refractivity contribution in [1.82, 2.24) is 9.97 Å². The molecule has 1 amide bonds. The van der Waals surface area contributed by atoms with E-state index in [1.54, 1.807) is 0 Å². The first-order valence-corrected chi connectivity index (χ1v) is 10.6. The van der Waals surface area contributed by atoms with Gasteiger partial charge in [0.1, 0.15) is 16.5 Å².